The summed E-state index contributed by atoms with van der Waals surface area (Å²) >= 11 is 0.989. The van der Waals surface area contributed by atoms with E-state index in [4.69, 9.17) is 0 Å². The van der Waals surface area contributed by atoms with Crippen LogP contribution in [0.25, 0.3) is 16.6 Å². The van der Waals surface area contributed by atoms with Gasteiger partial charge in [-0.1, -0.05) is 6.07 Å². The Bertz CT molecular complexity index is 1080. The molecule has 0 aliphatic rings. The van der Waals surface area contributed by atoms with E-state index in [0.29, 0.717) is 16.7 Å². The van der Waals surface area contributed by atoms with Gasteiger partial charge in [-0.3, -0.25) is 4.72 Å². The Morgan fingerprint density at radius 1 is 1.14 bits per heavy atom. The van der Waals surface area contributed by atoms with Crippen LogP contribution in [0.5, 0.6) is 0 Å². The summed E-state index contributed by atoms with van der Waals surface area (Å²) in [5, 5.41) is 4.07. The van der Waals surface area contributed by atoms with Crippen molar-refractivity contribution in [2.24, 2.45) is 0 Å². The Morgan fingerprint density at radius 2 is 2.05 bits per heavy atom. The maximum atomic E-state index is 12.6. The topological polar surface area (TPSA) is 89.2 Å². The molecule has 7 nitrogen and oxygen atoms in total. The predicted molar refractivity (Wildman–Crippen MR) is 83.4 cm³/mol. The van der Waals surface area contributed by atoms with Crippen LogP contribution < -0.4 is 4.72 Å². The number of fused-ring (bicyclic) bond motifs is 2. The molecular formula is C13H9N5O2S2. The molecule has 0 aliphatic heterocycles. The number of nitrogens with zero attached hydrogens (tertiary/aromatic N) is 4. The molecule has 0 atom stereocenters. The van der Waals surface area contributed by atoms with Crippen LogP contribution in [-0.4, -0.2) is 26.8 Å². The van der Waals surface area contributed by atoms with Crippen LogP contribution in [0.1, 0.15) is 0 Å². The first-order valence-corrected chi connectivity index (χ1v) is 8.52. The lowest BCUT2D eigenvalue weighted by Crippen LogP contribution is -2.13. The summed E-state index contributed by atoms with van der Waals surface area (Å²) < 4.78 is 37.5. The Labute approximate surface area is 129 Å². The Morgan fingerprint density at radius 3 is 2.95 bits per heavy atom. The maximum Gasteiger partial charge on any atom is 0.264 e. The molecule has 0 spiro atoms. The van der Waals surface area contributed by atoms with E-state index in [0.717, 1.165) is 17.2 Å². The molecule has 0 bridgehead atoms. The van der Waals surface area contributed by atoms with Gasteiger partial charge in [0.1, 0.15) is 15.9 Å². The quantitative estimate of drug-likeness (QED) is 0.621. The number of hydrogen-bond acceptors (Lipinski definition) is 6. The van der Waals surface area contributed by atoms with Gasteiger partial charge in [-0.15, -0.1) is 0 Å². The number of pyridine rings is 1. The molecule has 0 fully saturated rings. The van der Waals surface area contributed by atoms with Crippen LogP contribution in [0.2, 0.25) is 0 Å². The van der Waals surface area contributed by atoms with Crippen LogP contribution >= 0.6 is 11.7 Å². The zero-order valence-electron chi connectivity index (χ0n) is 11.0. The Kier molecular flexibility index (Phi) is 2.84. The van der Waals surface area contributed by atoms with Crippen molar-refractivity contribution in [2.45, 2.75) is 4.90 Å². The van der Waals surface area contributed by atoms with Gasteiger partial charge in [-0.2, -0.15) is 13.8 Å². The highest BCUT2D eigenvalue weighted by molar-refractivity contribution is 7.93. The molecule has 3 aromatic heterocycles. The Balaban J connectivity index is 1.78. The zero-order chi connectivity index (χ0) is 15.2. The fourth-order valence-electron chi connectivity index (χ4n) is 2.19. The van der Waals surface area contributed by atoms with Gasteiger partial charge < -0.3 is 0 Å². The molecule has 0 radical (unpaired) electrons. The minimum atomic E-state index is -3.74. The van der Waals surface area contributed by atoms with Gasteiger partial charge in [0.25, 0.3) is 10.0 Å². The Hall–Kier alpha value is -2.52. The summed E-state index contributed by atoms with van der Waals surface area (Å²) in [4.78, 5) is 0.118. The summed E-state index contributed by atoms with van der Waals surface area (Å²) in [5.74, 6) is 0. The van der Waals surface area contributed by atoms with Crippen LogP contribution in [0.3, 0.4) is 0 Å². The van der Waals surface area contributed by atoms with Crippen molar-refractivity contribution in [3.05, 3.63) is 48.8 Å². The number of benzene rings is 1. The highest BCUT2D eigenvalue weighted by atomic mass is 32.2. The maximum absolute atomic E-state index is 12.6. The lowest BCUT2D eigenvalue weighted by atomic mass is 10.3. The van der Waals surface area contributed by atoms with E-state index in [-0.39, 0.29) is 4.90 Å². The molecule has 0 aliphatic carbocycles. The highest BCUT2D eigenvalue weighted by Crippen LogP contribution is 2.23. The van der Waals surface area contributed by atoms with Gasteiger partial charge in [0.2, 0.25) is 0 Å². The number of aromatic nitrogens is 4. The van der Waals surface area contributed by atoms with Crippen LogP contribution in [0.4, 0.5) is 5.69 Å². The molecule has 1 N–H and O–H groups in total. The summed E-state index contributed by atoms with van der Waals surface area (Å²) in [6.07, 6.45) is 3.34. The molecule has 110 valence electrons. The lowest BCUT2D eigenvalue weighted by Gasteiger charge is -2.08. The van der Waals surface area contributed by atoms with Crippen molar-refractivity contribution in [1.82, 2.24) is 18.4 Å². The zero-order valence-corrected chi connectivity index (χ0v) is 12.7. The van der Waals surface area contributed by atoms with Gasteiger partial charge in [0.15, 0.2) is 0 Å². The standard InChI is InChI=1S/C13H9N5O2S2/c19-22(20,12-3-1-2-11-13(12)16-21-15-11)17-9-5-7-18-10(8-9)4-6-14-18/h1-8,17H. The second-order valence-electron chi connectivity index (χ2n) is 4.61. The molecule has 0 saturated carbocycles. The number of sulfonamides is 1. The average molecular weight is 331 g/mol. The number of anilines is 1. The molecule has 1 aromatic carbocycles. The van der Waals surface area contributed by atoms with E-state index in [2.05, 4.69) is 18.6 Å². The molecule has 9 heteroatoms. The van der Waals surface area contributed by atoms with Gasteiger partial charge in [0.05, 0.1) is 22.9 Å². The second-order valence-corrected chi connectivity index (χ2v) is 6.79. The monoisotopic (exact) mass is 331 g/mol. The van der Waals surface area contributed by atoms with Gasteiger partial charge >= 0.3 is 0 Å². The molecule has 3 heterocycles. The second kappa shape index (κ2) is 4.75. The lowest BCUT2D eigenvalue weighted by molar-refractivity contribution is 0.602. The normalized spacial score (nSPS) is 12.0. The third-order valence-corrected chi connectivity index (χ3v) is 5.15. The van der Waals surface area contributed by atoms with E-state index in [1.165, 1.54) is 6.07 Å². The third kappa shape index (κ3) is 2.11. The smallest absolute Gasteiger partial charge is 0.264 e. The number of nitrogens with one attached hydrogen (secondary N) is 1. The largest absolute Gasteiger partial charge is 0.279 e. The average Bonchev–Trinajstić information content (AvgIpc) is 3.14. The van der Waals surface area contributed by atoms with Crippen LogP contribution in [-0.2, 0) is 10.0 Å². The van der Waals surface area contributed by atoms with Crippen molar-refractivity contribution < 1.29 is 8.42 Å². The molecule has 4 rings (SSSR count). The number of rotatable bonds is 3. The molecule has 0 unspecified atom stereocenters. The predicted octanol–water partition coefficient (Wildman–Crippen LogP) is 2.14. The van der Waals surface area contributed by atoms with E-state index < -0.39 is 10.0 Å². The minimum absolute atomic E-state index is 0.118. The molecule has 4 aromatic rings. The van der Waals surface area contributed by atoms with E-state index in [1.807, 2.05) is 0 Å². The van der Waals surface area contributed by atoms with Crippen LogP contribution in [0, 0.1) is 0 Å². The SMILES string of the molecule is O=S(=O)(Nc1ccn2nccc2c1)c1cccc2nsnc12. The molecular weight excluding hydrogens is 322 g/mol. The van der Waals surface area contributed by atoms with Gasteiger partial charge in [-0.25, -0.2) is 12.9 Å². The van der Waals surface area contributed by atoms with E-state index in [1.54, 1.807) is 47.2 Å². The van der Waals surface area contributed by atoms with E-state index >= 15 is 0 Å². The summed E-state index contributed by atoms with van der Waals surface area (Å²) in [5.41, 5.74) is 2.21. The first-order valence-electron chi connectivity index (χ1n) is 6.31. The van der Waals surface area contributed by atoms with Gasteiger partial charge in [0, 0.05) is 12.4 Å². The van der Waals surface area contributed by atoms with Crippen molar-refractivity contribution in [1.29, 1.82) is 0 Å². The first kappa shape index (κ1) is 13.2. The molecule has 0 amide bonds. The van der Waals surface area contributed by atoms with Gasteiger partial charge in [-0.05, 0) is 30.3 Å². The van der Waals surface area contributed by atoms with E-state index in [9.17, 15) is 8.42 Å². The van der Waals surface area contributed by atoms with Crippen molar-refractivity contribution in [3.63, 3.8) is 0 Å². The summed E-state index contributed by atoms with van der Waals surface area (Å²) in [6, 6.07) is 10.1. The van der Waals surface area contributed by atoms with Crippen LogP contribution in [0.15, 0.2) is 53.7 Å². The summed E-state index contributed by atoms with van der Waals surface area (Å²) in [6.45, 7) is 0. The molecule has 0 saturated heterocycles. The fourth-order valence-corrected chi connectivity index (χ4v) is 4.01. The van der Waals surface area contributed by atoms with Crippen molar-refractivity contribution in [2.75, 3.05) is 4.72 Å². The fraction of sp³-hybridized carbons (Fsp3) is 0. The van der Waals surface area contributed by atoms with Crippen molar-refractivity contribution in [3.8, 4) is 0 Å². The van der Waals surface area contributed by atoms with Crippen molar-refractivity contribution >= 4 is 44.0 Å². The first-order chi connectivity index (χ1) is 10.6. The minimum Gasteiger partial charge on any atom is -0.279 e. The highest BCUT2D eigenvalue weighted by Gasteiger charge is 2.19. The summed E-state index contributed by atoms with van der Waals surface area (Å²) in [7, 11) is -3.74. The number of hydrogen-bond donors (Lipinski definition) is 1. The molecule has 22 heavy (non-hydrogen) atoms. The third-order valence-electron chi connectivity index (χ3n) is 3.19.